The molecule has 0 aromatic heterocycles. The Kier molecular flexibility index (Phi) is 3.38. The minimum atomic E-state index is -0.394. The highest BCUT2D eigenvalue weighted by Gasteiger charge is 2.15. The number of methoxy groups -OCH3 is 1. The molecule has 0 N–H and O–H groups in total. The molecule has 1 aliphatic carbocycles. The average Bonchev–Trinajstić information content (AvgIpc) is 2.38. The van der Waals surface area contributed by atoms with Crippen molar-refractivity contribution in [2.45, 2.75) is 12.8 Å². The van der Waals surface area contributed by atoms with E-state index in [1.807, 2.05) is 6.08 Å². The van der Waals surface area contributed by atoms with Crippen LogP contribution >= 0.6 is 0 Å². The van der Waals surface area contributed by atoms with E-state index in [-0.39, 0.29) is 5.78 Å². The molecule has 0 fully saturated rings. The monoisotopic (exact) mass is 232 g/mol. The molecule has 0 saturated heterocycles. The third kappa shape index (κ3) is 2.61. The summed E-state index contributed by atoms with van der Waals surface area (Å²) < 4.78 is 18.1. The first-order valence-electron chi connectivity index (χ1n) is 5.45. The van der Waals surface area contributed by atoms with Crippen molar-refractivity contribution in [2.24, 2.45) is 0 Å². The zero-order chi connectivity index (χ0) is 12.3. The highest BCUT2D eigenvalue weighted by atomic mass is 19.1. The smallest absolute Gasteiger partial charge is 0.189 e. The Balaban J connectivity index is 2.27. The molecule has 3 heteroatoms. The Labute approximate surface area is 99.4 Å². The number of halogens is 1. The maximum absolute atomic E-state index is 13.0. The van der Waals surface area contributed by atoms with Gasteiger partial charge in [0, 0.05) is 11.1 Å². The largest absolute Gasteiger partial charge is 0.497 e. The topological polar surface area (TPSA) is 26.3 Å². The number of ketones is 1. The lowest BCUT2D eigenvalue weighted by atomic mass is 9.95. The summed E-state index contributed by atoms with van der Waals surface area (Å²) in [6.07, 6.45) is 5.09. The van der Waals surface area contributed by atoms with E-state index < -0.39 is 5.82 Å². The van der Waals surface area contributed by atoms with E-state index >= 15 is 0 Å². The van der Waals surface area contributed by atoms with Crippen molar-refractivity contribution in [3.63, 3.8) is 0 Å². The Morgan fingerprint density at radius 1 is 1.41 bits per heavy atom. The second kappa shape index (κ2) is 4.95. The molecule has 17 heavy (non-hydrogen) atoms. The summed E-state index contributed by atoms with van der Waals surface area (Å²) in [4.78, 5) is 12.1. The van der Waals surface area contributed by atoms with Crippen LogP contribution in [0.5, 0.6) is 0 Å². The Morgan fingerprint density at radius 3 is 2.94 bits per heavy atom. The van der Waals surface area contributed by atoms with Crippen molar-refractivity contribution < 1.29 is 13.9 Å². The first kappa shape index (κ1) is 11.6. The van der Waals surface area contributed by atoms with Crippen LogP contribution in [0.15, 0.2) is 47.7 Å². The van der Waals surface area contributed by atoms with Crippen LogP contribution in [-0.2, 0) is 4.74 Å². The molecule has 0 atom stereocenters. The molecule has 0 heterocycles. The predicted molar refractivity (Wildman–Crippen MR) is 63.1 cm³/mol. The van der Waals surface area contributed by atoms with Gasteiger partial charge in [-0.05, 0) is 37.1 Å². The van der Waals surface area contributed by atoms with Crippen LogP contribution in [0.2, 0.25) is 0 Å². The van der Waals surface area contributed by atoms with E-state index in [9.17, 15) is 9.18 Å². The number of hydrogen-bond acceptors (Lipinski definition) is 2. The van der Waals surface area contributed by atoms with Crippen LogP contribution in [0.4, 0.5) is 4.39 Å². The van der Waals surface area contributed by atoms with Gasteiger partial charge in [-0.3, -0.25) is 4.79 Å². The molecule has 88 valence electrons. The van der Waals surface area contributed by atoms with Gasteiger partial charge in [-0.25, -0.2) is 4.39 Å². The third-order valence-electron chi connectivity index (χ3n) is 2.69. The van der Waals surface area contributed by atoms with Crippen molar-refractivity contribution >= 4 is 5.78 Å². The quantitative estimate of drug-likeness (QED) is 0.748. The van der Waals surface area contributed by atoms with Gasteiger partial charge in [-0.15, -0.1) is 0 Å². The van der Waals surface area contributed by atoms with Crippen molar-refractivity contribution in [3.05, 3.63) is 59.1 Å². The first-order chi connectivity index (χ1) is 8.20. The molecule has 0 saturated carbocycles. The van der Waals surface area contributed by atoms with Gasteiger partial charge in [0.05, 0.1) is 7.11 Å². The third-order valence-corrected chi connectivity index (χ3v) is 2.69. The Bertz CT molecular complexity index is 501. The maximum Gasteiger partial charge on any atom is 0.189 e. The van der Waals surface area contributed by atoms with E-state index in [2.05, 4.69) is 0 Å². The van der Waals surface area contributed by atoms with E-state index in [1.165, 1.54) is 12.1 Å². The van der Waals surface area contributed by atoms with Crippen LogP contribution in [0.25, 0.3) is 0 Å². The highest BCUT2D eigenvalue weighted by Crippen LogP contribution is 2.21. The summed E-state index contributed by atoms with van der Waals surface area (Å²) >= 11 is 0. The van der Waals surface area contributed by atoms with Crippen molar-refractivity contribution in [3.8, 4) is 0 Å². The van der Waals surface area contributed by atoms with E-state index in [1.54, 1.807) is 25.3 Å². The van der Waals surface area contributed by atoms with Crippen LogP contribution in [-0.4, -0.2) is 12.9 Å². The van der Waals surface area contributed by atoms with Gasteiger partial charge in [-0.2, -0.15) is 0 Å². The summed E-state index contributed by atoms with van der Waals surface area (Å²) in [5.41, 5.74) is 1.04. The number of hydrogen-bond donors (Lipinski definition) is 0. The Hall–Kier alpha value is -1.90. The van der Waals surface area contributed by atoms with E-state index in [4.69, 9.17) is 4.74 Å². The summed E-state index contributed by atoms with van der Waals surface area (Å²) in [5, 5.41) is 0. The number of ether oxygens (including phenoxy) is 1. The average molecular weight is 232 g/mol. The van der Waals surface area contributed by atoms with Crippen LogP contribution < -0.4 is 0 Å². The lowest BCUT2D eigenvalue weighted by Crippen LogP contribution is -2.07. The number of rotatable bonds is 3. The molecule has 2 rings (SSSR count). The lowest BCUT2D eigenvalue weighted by molar-refractivity contribution is 0.102. The fraction of sp³-hybridized carbons (Fsp3) is 0.214. The number of carbonyl (C=O) groups is 1. The molecule has 0 amide bonds. The van der Waals surface area contributed by atoms with Crippen molar-refractivity contribution in [1.29, 1.82) is 0 Å². The molecule has 0 bridgehead atoms. The molecule has 1 aromatic carbocycles. The fourth-order valence-electron chi connectivity index (χ4n) is 1.81. The van der Waals surface area contributed by atoms with Crippen LogP contribution in [0, 0.1) is 5.82 Å². The molecule has 1 aliphatic rings. The van der Waals surface area contributed by atoms with E-state index in [0.29, 0.717) is 23.3 Å². The standard InChI is InChI=1S/C14H13FO2/c1-17-13-7-3-5-11(9-13)14(16)10-4-2-6-12(15)8-10/h2,4,6-9H,3,5H2,1H3. The zero-order valence-electron chi connectivity index (χ0n) is 9.57. The van der Waals surface area contributed by atoms with Crippen LogP contribution in [0.3, 0.4) is 0 Å². The predicted octanol–water partition coefficient (Wildman–Crippen LogP) is 3.26. The summed E-state index contributed by atoms with van der Waals surface area (Å²) in [7, 11) is 1.57. The number of Topliss-reactive ketones (excluding diaryl/α,β-unsaturated/α-hetero) is 1. The summed E-state index contributed by atoms with van der Waals surface area (Å²) in [6.45, 7) is 0. The molecule has 0 radical (unpaired) electrons. The summed E-state index contributed by atoms with van der Waals surface area (Å²) in [5.74, 6) is 0.165. The van der Waals surface area contributed by atoms with Gasteiger partial charge in [0.15, 0.2) is 5.78 Å². The summed E-state index contributed by atoms with van der Waals surface area (Å²) in [6, 6.07) is 5.75. The van der Waals surface area contributed by atoms with Gasteiger partial charge in [0.1, 0.15) is 11.6 Å². The second-order valence-corrected chi connectivity index (χ2v) is 3.86. The van der Waals surface area contributed by atoms with Gasteiger partial charge in [0.2, 0.25) is 0 Å². The number of benzene rings is 1. The molecule has 0 spiro atoms. The second-order valence-electron chi connectivity index (χ2n) is 3.86. The SMILES string of the molecule is COC1=CCCC(C(=O)c2cccc(F)c2)=C1. The minimum Gasteiger partial charge on any atom is -0.497 e. The van der Waals surface area contributed by atoms with Gasteiger partial charge in [0.25, 0.3) is 0 Å². The number of carbonyl (C=O) groups excluding carboxylic acids is 1. The molecular formula is C14H13FO2. The van der Waals surface area contributed by atoms with Crippen molar-refractivity contribution in [2.75, 3.05) is 7.11 Å². The maximum atomic E-state index is 13.0. The molecule has 0 unspecified atom stereocenters. The molecule has 2 nitrogen and oxygen atoms in total. The molecular weight excluding hydrogens is 219 g/mol. The van der Waals surface area contributed by atoms with Gasteiger partial charge < -0.3 is 4.74 Å². The fourth-order valence-corrected chi connectivity index (χ4v) is 1.81. The highest BCUT2D eigenvalue weighted by molar-refractivity contribution is 6.09. The van der Waals surface area contributed by atoms with E-state index in [0.717, 1.165) is 6.42 Å². The zero-order valence-corrected chi connectivity index (χ0v) is 9.57. The minimum absolute atomic E-state index is 0.132. The first-order valence-corrected chi connectivity index (χ1v) is 5.45. The lowest BCUT2D eigenvalue weighted by Gasteiger charge is -2.12. The van der Waals surface area contributed by atoms with Gasteiger partial charge >= 0.3 is 0 Å². The molecule has 0 aliphatic heterocycles. The normalized spacial score (nSPS) is 14.9. The molecule has 1 aromatic rings. The van der Waals surface area contributed by atoms with Crippen molar-refractivity contribution in [1.82, 2.24) is 0 Å². The van der Waals surface area contributed by atoms with Crippen LogP contribution in [0.1, 0.15) is 23.2 Å². The van der Waals surface area contributed by atoms with Gasteiger partial charge in [-0.1, -0.05) is 12.1 Å². The Morgan fingerprint density at radius 2 is 2.24 bits per heavy atom. The number of allylic oxidation sites excluding steroid dienone is 3.